The van der Waals surface area contributed by atoms with Crippen LogP contribution in [0.25, 0.3) is 22.2 Å². The molecule has 1 aromatic carbocycles. The molecule has 3 heterocycles. The molecule has 1 N–H and O–H groups in total. The minimum absolute atomic E-state index is 0.492. The minimum atomic E-state index is 0.492. The number of imidazole rings is 1. The van der Waals surface area contributed by atoms with Gasteiger partial charge in [-0.1, -0.05) is 11.6 Å². The summed E-state index contributed by atoms with van der Waals surface area (Å²) < 4.78 is 2.05. The van der Waals surface area contributed by atoms with E-state index in [1.54, 1.807) is 0 Å². The summed E-state index contributed by atoms with van der Waals surface area (Å²) in [5.41, 5.74) is 5.51. The fourth-order valence-electron chi connectivity index (χ4n) is 4.03. The summed E-state index contributed by atoms with van der Waals surface area (Å²) in [6.45, 7) is 5.67. The second kappa shape index (κ2) is 6.02. The highest BCUT2D eigenvalue weighted by Gasteiger charge is 2.29. The van der Waals surface area contributed by atoms with E-state index in [4.69, 9.17) is 21.6 Å². The lowest BCUT2D eigenvalue weighted by molar-refractivity contribution is 0.112. The van der Waals surface area contributed by atoms with E-state index < -0.39 is 0 Å². The van der Waals surface area contributed by atoms with Crippen molar-refractivity contribution in [2.75, 3.05) is 11.9 Å². The lowest BCUT2D eigenvalue weighted by atomic mass is 9.99. The Kier molecular flexibility index (Phi) is 3.72. The van der Waals surface area contributed by atoms with Gasteiger partial charge in [-0.05, 0) is 39.2 Å². The zero-order chi connectivity index (χ0) is 18.7. The van der Waals surface area contributed by atoms with Crippen molar-refractivity contribution in [2.24, 2.45) is 0 Å². The van der Waals surface area contributed by atoms with Gasteiger partial charge in [0.15, 0.2) is 6.29 Å². The van der Waals surface area contributed by atoms with Crippen LogP contribution in [-0.4, -0.2) is 32.3 Å². The molecule has 2 aromatic heterocycles. The maximum atomic E-state index is 11.9. The smallest absolute Gasteiger partial charge is 0.203 e. The molecule has 7 heteroatoms. The number of halogens is 1. The van der Waals surface area contributed by atoms with Crippen LogP contribution in [0.2, 0.25) is 5.02 Å². The third kappa shape index (κ3) is 2.54. The number of aromatic nitrogens is 4. The third-order valence-corrected chi connectivity index (χ3v) is 5.84. The summed E-state index contributed by atoms with van der Waals surface area (Å²) in [4.78, 5) is 26.0. The maximum Gasteiger partial charge on any atom is 0.203 e. The first-order chi connectivity index (χ1) is 13.1. The molecule has 138 valence electrons. The number of carbonyl (C=O) groups excluding carboxylic acids is 1. The molecule has 27 heavy (non-hydrogen) atoms. The van der Waals surface area contributed by atoms with E-state index in [0.29, 0.717) is 22.0 Å². The molecule has 0 saturated heterocycles. The quantitative estimate of drug-likeness (QED) is 0.686. The summed E-state index contributed by atoms with van der Waals surface area (Å²) in [5.74, 6) is 2.18. The van der Waals surface area contributed by atoms with E-state index in [1.807, 2.05) is 24.5 Å². The summed E-state index contributed by atoms with van der Waals surface area (Å²) >= 11 is 6.81. The van der Waals surface area contributed by atoms with Crippen LogP contribution < -0.4 is 5.32 Å². The van der Waals surface area contributed by atoms with Crippen LogP contribution in [-0.2, 0) is 6.54 Å². The number of rotatable bonds is 3. The predicted molar refractivity (Wildman–Crippen MR) is 106 cm³/mol. The molecule has 0 unspecified atom stereocenters. The van der Waals surface area contributed by atoms with Gasteiger partial charge in [-0.3, -0.25) is 4.79 Å². The molecule has 0 radical (unpaired) electrons. The molecule has 0 atom stereocenters. The first-order valence-electron chi connectivity index (χ1n) is 9.35. The van der Waals surface area contributed by atoms with Crippen molar-refractivity contribution < 1.29 is 4.79 Å². The number of anilines is 1. The Morgan fingerprint density at radius 1 is 1.22 bits per heavy atom. The first kappa shape index (κ1) is 16.7. The SMILES string of the molecule is Cc1nc(C2CC2)nc(C)c1-c1cc(C=O)c2c(nc3n2CCCN3)c1Cl. The van der Waals surface area contributed by atoms with Gasteiger partial charge in [-0.2, -0.15) is 0 Å². The molecule has 1 saturated carbocycles. The molecule has 3 aromatic rings. The molecular weight excluding hydrogens is 362 g/mol. The van der Waals surface area contributed by atoms with Crippen molar-refractivity contribution in [3.8, 4) is 11.1 Å². The van der Waals surface area contributed by atoms with Gasteiger partial charge < -0.3 is 9.88 Å². The maximum absolute atomic E-state index is 11.9. The number of aryl methyl sites for hydroxylation is 3. The molecule has 2 aliphatic rings. The van der Waals surface area contributed by atoms with E-state index in [1.165, 1.54) is 0 Å². The van der Waals surface area contributed by atoms with Crippen LogP contribution in [0.5, 0.6) is 0 Å². The van der Waals surface area contributed by atoms with Crippen LogP contribution in [0.1, 0.15) is 52.8 Å². The molecular formula is C20H20ClN5O. The Hall–Kier alpha value is -2.47. The van der Waals surface area contributed by atoms with E-state index >= 15 is 0 Å². The zero-order valence-electron chi connectivity index (χ0n) is 15.3. The summed E-state index contributed by atoms with van der Waals surface area (Å²) in [6, 6.07) is 1.86. The van der Waals surface area contributed by atoms with Gasteiger partial charge in [0.05, 0.1) is 10.5 Å². The van der Waals surface area contributed by atoms with E-state index in [2.05, 4.69) is 10.3 Å². The average Bonchev–Trinajstić information content (AvgIpc) is 3.43. The lowest BCUT2D eigenvalue weighted by Gasteiger charge is -2.17. The predicted octanol–water partition coefficient (Wildman–Crippen LogP) is 4.27. The standard InChI is InChI=1S/C20H20ClN5O/c1-10-15(11(2)24-19(23-10)12-4-5-12)14-8-13(9-27)18-17(16(14)21)25-20-22-6-3-7-26(18)20/h8-9,12H,3-7H2,1-2H3,(H,22,25). The zero-order valence-corrected chi connectivity index (χ0v) is 16.1. The fourth-order valence-corrected chi connectivity index (χ4v) is 4.31. The Labute approximate surface area is 162 Å². The highest BCUT2D eigenvalue weighted by Crippen LogP contribution is 2.42. The van der Waals surface area contributed by atoms with Crippen molar-refractivity contribution in [3.05, 3.63) is 33.9 Å². The van der Waals surface area contributed by atoms with Crippen molar-refractivity contribution >= 4 is 34.9 Å². The second-order valence-electron chi connectivity index (χ2n) is 7.41. The monoisotopic (exact) mass is 381 g/mol. The molecule has 1 aliphatic carbocycles. The molecule has 1 fully saturated rings. The number of nitrogens with zero attached hydrogens (tertiary/aromatic N) is 4. The van der Waals surface area contributed by atoms with E-state index in [9.17, 15) is 4.79 Å². The van der Waals surface area contributed by atoms with Crippen LogP contribution in [0.3, 0.4) is 0 Å². The van der Waals surface area contributed by atoms with Crippen molar-refractivity contribution in [3.63, 3.8) is 0 Å². The van der Waals surface area contributed by atoms with Crippen LogP contribution in [0.15, 0.2) is 6.07 Å². The van der Waals surface area contributed by atoms with Crippen LogP contribution in [0, 0.1) is 13.8 Å². The highest BCUT2D eigenvalue weighted by atomic mass is 35.5. The second-order valence-corrected chi connectivity index (χ2v) is 7.79. The number of benzene rings is 1. The van der Waals surface area contributed by atoms with Crippen LogP contribution >= 0.6 is 11.6 Å². The van der Waals surface area contributed by atoms with Gasteiger partial charge in [0.2, 0.25) is 5.95 Å². The van der Waals surface area contributed by atoms with E-state index in [-0.39, 0.29) is 0 Å². The van der Waals surface area contributed by atoms with Gasteiger partial charge in [0.1, 0.15) is 11.3 Å². The normalized spacial score (nSPS) is 16.3. The lowest BCUT2D eigenvalue weighted by Crippen LogP contribution is -2.17. The average molecular weight is 382 g/mol. The van der Waals surface area contributed by atoms with Crippen LogP contribution in [0.4, 0.5) is 5.95 Å². The molecule has 0 bridgehead atoms. The molecule has 0 amide bonds. The number of hydrogen-bond donors (Lipinski definition) is 1. The highest BCUT2D eigenvalue weighted by molar-refractivity contribution is 6.38. The minimum Gasteiger partial charge on any atom is -0.356 e. The van der Waals surface area contributed by atoms with Gasteiger partial charge in [0, 0.05) is 47.1 Å². The number of carbonyl (C=O) groups is 1. The third-order valence-electron chi connectivity index (χ3n) is 5.45. The topological polar surface area (TPSA) is 72.7 Å². The van der Waals surface area contributed by atoms with Crippen molar-refractivity contribution in [1.29, 1.82) is 0 Å². The van der Waals surface area contributed by atoms with Crippen molar-refractivity contribution in [1.82, 2.24) is 19.5 Å². The summed E-state index contributed by atoms with van der Waals surface area (Å²) in [5, 5.41) is 3.84. The van der Waals surface area contributed by atoms with Gasteiger partial charge in [-0.15, -0.1) is 0 Å². The Morgan fingerprint density at radius 3 is 2.63 bits per heavy atom. The summed E-state index contributed by atoms with van der Waals surface area (Å²) in [6.07, 6.45) is 4.20. The largest absolute Gasteiger partial charge is 0.356 e. The number of hydrogen-bond acceptors (Lipinski definition) is 5. The fraction of sp³-hybridized carbons (Fsp3) is 0.400. The molecule has 0 spiro atoms. The van der Waals surface area contributed by atoms with Crippen molar-refractivity contribution in [2.45, 2.75) is 45.6 Å². The molecule has 1 aliphatic heterocycles. The Morgan fingerprint density at radius 2 is 1.96 bits per heavy atom. The number of fused-ring (bicyclic) bond motifs is 3. The number of aldehydes is 1. The Balaban J connectivity index is 1.77. The summed E-state index contributed by atoms with van der Waals surface area (Å²) in [7, 11) is 0. The van der Waals surface area contributed by atoms with Gasteiger partial charge in [-0.25, -0.2) is 15.0 Å². The first-order valence-corrected chi connectivity index (χ1v) is 9.73. The Bertz CT molecular complexity index is 1080. The van der Waals surface area contributed by atoms with Gasteiger partial charge >= 0.3 is 0 Å². The molecule has 5 rings (SSSR count). The van der Waals surface area contributed by atoms with E-state index in [0.717, 1.165) is 78.4 Å². The molecule has 6 nitrogen and oxygen atoms in total. The number of nitrogens with one attached hydrogen (secondary N) is 1. The van der Waals surface area contributed by atoms with Gasteiger partial charge in [0.25, 0.3) is 0 Å².